The van der Waals surface area contributed by atoms with Crippen LogP contribution < -0.4 is 18.9 Å². The Morgan fingerprint density at radius 3 is 2.22 bits per heavy atom. The molecule has 5 unspecified atom stereocenters. The number of carbonyl (C=O) groups is 1. The third-order valence-corrected chi connectivity index (χ3v) is 9.00. The summed E-state index contributed by atoms with van der Waals surface area (Å²) in [7, 11) is 3.04. The predicted molar refractivity (Wildman–Crippen MR) is 175 cm³/mol. The van der Waals surface area contributed by atoms with Crippen molar-refractivity contribution in [2.45, 2.75) is 82.7 Å². The molecule has 0 radical (unpaired) electrons. The van der Waals surface area contributed by atoms with Crippen molar-refractivity contribution in [1.82, 2.24) is 0 Å². The summed E-state index contributed by atoms with van der Waals surface area (Å²) in [5, 5.41) is 43.6. The second kappa shape index (κ2) is 15.5. The number of phenols is 1. The number of aliphatic hydroxyl groups is 3. The lowest BCUT2D eigenvalue weighted by molar-refractivity contribution is -0.000566. The Balaban J connectivity index is 1.62. The van der Waals surface area contributed by atoms with Crippen molar-refractivity contribution in [3.63, 3.8) is 0 Å². The largest absolute Gasteiger partial charge is 0.507 e. The smallest absolute Gasteiger partial charge is 0.168 e. The van der Waals surface area contributed by atoms with E-state index in [-0.39, 0.29) is 28.9 Å². The summed E-state index contributed by atoms with van der Waals surface area (Å²) in [4.78, 5) is 11.7. The number of hydrogen-bond donors (Lipinski definition) is 4. The maximum atomic E-state index is 11.7. The second-order valence-corrected chi connectivity index (χ2v) is 11.6. The molecule has 248 valence electrons. The van der Waals surface area contributed by atoms with Crippen molar-refractivity contribution in [3.05, 3.63) is 88.5 Å². The minimum Gasteiger partial charge on any atom is -0.507 e. The number of carbonyl (C=O) groups excluding carboxylic acids is 1. The number of allylic oxidation sites excluding steroid dienone is 1. The fourth-order valence-electron chi connectivity index (χ4n) is 6.27. The van der Waals surface area contributed by atoms with Crippen LogP contribution in [0.25, 0.3) is 0 Å². The van der Waals surface area contributed by atoms with Crippen LogP contribution in [0.4, 0.5) is 0 Å². The highest BCUT2D eigenvalue weighted by molar-refractivity contribution is 5.80. The fraction of sp³-hybridized carbons (Fsp3) is 0.432. The number of benzene rings is 3. The van der Waals surface area contributed by atoms with E-state index in [1.54, 1.807) is 31.4 Å². The molecule has 0 saturated heterocycles. The van der Waals surface area contributed by atoms with Gasteiger partial charge < -0.3 is 39.4 Å². The molecule has 0 saturated carbocycles. The predicted octanol–water partition coefficient (Wildman–Crippen LogP) is 6.84. The molecule has 0 bridgehead atoms. The van der Waals surface area contributed by atoms with E-state index in [0.717, 1.165) is 31.2 Å². The zero-order chi connectivity index (χ0) is 33.5. The monoisotopic (exact) mass is 634 g/mol. The van der Waals surface area contributed by atoms with E-state index in [1.807, 2.05) is 32.1 Å². The van der Waals surface area contributed by atoms with Crippen LogP contribution >= 0.6 is 0 Å². The summed E-state index contributed by atoms with van der Waals surface area (Å²) in [6, 6.07) is 12.0. The highest BCUT2D eigenvalue weighted by Gasteiger charge is 2.38. The third-order valence-electron chi connectivity index (χ3n) is 9.00. The highest BCUT2D eigenvalue weighted by atomic mass is 16.5. The third kappa shape index (κ3) is 6.87. The number of ether oxygens (including phenoxy) is 4. The van der Waals surface area contributed by atoms with E-state index < -0.39 is 31.0 Å². The molecular weight excluding hydrogens is 588 g/mol. The average Bonchev–Trinajstić information content (AvgIpc) is 3.42. The Bertz CT molecular complexity index is 1510. The lowest BCUT2D eigenvalue weighted by Crippen LogP contribution is -2.29. The summed E-state index contributed by atoms with van der Waals surface area (Å²) < 4.78 is 23.6. The maximum Gasteiger partial charge on any atom is 0.168 e. The zero-order valence-corrected chi connectivity index (χ0v) is 27.2. The fourth-order valence-corrected chi connectivity index (χ4v) is 6.27. The number of aromatic hydroxyl groups is 1. The lowest BCUT2D eigenvalue weighted by atomic mass is 9.88. The molecule has 4 N–H and O–H groups in total. The zero-order valence-electron chi connectivity index (χ0n) is 27.2. The van der Waals surface area contributed by atoms with Crippen LogP contribution in [-0.4, -0.2) is 53.6 Å². The Kier molecular flexibility index (Phi) is 11.7. The molecule has 9 nitrogen and oxygen atoms in total. The average molecular weight is 635 g/mol. The normalized spacial score (nSPS) is 17.5. The van der Waals surface area contributed by atoms with Gasteiger partial charge in [0.05, 0.1) is 26.4 Å². The minimum atomic E-state index is -1.33. The van der Waals surface area contributed by atoms with Crippen LogP contribution in [0.5, 0.6) is 28.7 Å². The van der Waals surface area contributed by atoms with E-state index in [9.17, 15) is 25.2 Å². The van der Waals surface area contributed by atoms with Crippen molar-refractivity contribution >= 4 is 6.29 Å². The molecule has 0 amide bonds. The van der Waals surface area contributed by atoms with Crippen molar-refractivity contribution in [3.8, 4) is 28.7 Å². The first kappa shape index (κ1) is 34.8. The van der Waals surface area contributed by atoms with Crippen LogP contribution in [0.1, 0.15) is 115 Å². The van der Waals surface area contributed by atoms with Crippen molar-refractivity contribution in [2.75, 3.05) is 20.8 Å². The first-order valence-electron chi connectivity index (χ1n) is 15.8. The van der Waals surface area contributed by atoms with Gasteiger partial charge in [0, 0.05) is 5.56 Å². The van der Waals surface area contributed by atoms with Gasteiger partial charge in [-0.3, -0.25) is 4.79 Å². The van der Waals surface area contributed by atoms with Gasteiger partial charge in [0.25, 0.3) is 0 Å². The molecule has 46 heavy (non-hydrogen) atoms. The summed E-state index contributed by atoms with van der Waals surface area (Å²) in [6.45, 7) is 9.41. The van der Waals surface area contributed by atoms with Gasteiger partial charge in [0.15, 0.2) is 41.5 Å². The van der Waals surface area contributed by atoms with Gasteiger partial charge in [-0.1, -0.05) is 32.9 Å². The molecule has 1 heterocycles. The summed E-state index contributed by atoms with van der Waals surface area (Å²) in [5.41, 5.74) is 3.26. The molecule has 9 heteroatoms. The molecule has 1 aliphatic rings. The Morgan fingerprint density at radius 2 is 1.63 bits per heavy atom. The second-order valence-electron chi connectivity index (χ2n) is 11.6. The van der Waals surface area contributed by atoms with Gasteiger partial charge in [-0.25, -0.2) is 0 Å². The van der Waals surface area contributed by atoms with Crippen molar-refractivity contribution in [2.24, 2.45) is 0 Å². The van der Waals surface area contributed by atoms with Gasteiger partial charge in [-0.2, -0.15) is 0 Å². The quantitative estimate of drug-likeness (QED) is 0.0987. The summed E-state index contributed by atoms with van der Waals surface area (Å²) in [5.74, 6) is 1.69. The van der Waals surface area contributed by atoms with Gasteiger partial charge in [-0.15, -0.1) is 6.58 Å². The number of methoxy groups -OCH3 is 2. The van der Waals surface area contributed by atoms with E-state index >= 15 is 0 Å². The van der Waals surface area contributed by atoms with E-state index in [2.05, 4.69) is 13.5 Å². The van der Waals surface area contributed by atoms with Crippen LogP contribution in [0.15, 0.2) is 55.1 Å². The molecule has 1 aliphatic heterocycles. The highest BCUT2D eigenvalue weighted by Crippen LogP contribution is 2.51. The van der Waals surface area contributed by atoms with Crippen LogP contribution in [0.3, 0.4) is 0 Å². The van der Waals surface area contributed by atoms with Crippen molar-refractivity contribution in [1.29, 1.82) is 0 Å². The SMILES string of the molecule is C=CCC(CC)c1cc(OC)c2c(c1)C(O)C(c1ccc(OC(CO)C(O)c3cc(C=O)c(O)c(C(CC)CC)c3)c(OC)c1)O2. The molecule has 0 fully saturated rings. The molecule has 5 atom stereocenters. The number of aliphatic hydroxyl groups excluding tert-OH is 3. The molecule has 3 aromatic rings. The number of aldehydes is 1. The molecule has 0 aromatic heterocycles. The van der Waals surface area contributed by atoms with Gasteiger partial charge in [-0.05, 0) is 96.2 Å². The van der Waals surface area contributed by atoms with Crippen molar-refractivity contribution < 1.29 is 44.2 Å². The molecular formula is C37H46O9. The van der Waals surface area contributed by atoms with Gasteiger partial charge in [0.1, 0.15) is 18.0 Å². The summed E-state index contributed by atoms with van der Waals surface area (Å²) in [6.07, 6.45) is 1.43. The van der Waals surface area contributed by atoms with E-state index in [4.69, 9.17) is 18.9 Å². The Hall–Kier alpha value is -4.05. The first-order valence-corrected chi connectivity index (χ1v) is 15.8. The topological polar surface area (TPSA) is 135 Å². The van der Waals surface area contributed by atoms with Gasteiger partial charge >= 0.3 is 0 Å². The van der Waals surface area contributed by atoms with Crippen LogP contribution in [0, 0.1) is 0 Å². The maximum absolute atomic E-state index is 11.7. The standard InChI is InChI=1S/C37H46O9/c1-7-11-22(10-4)24-15-28-35(42)36(46-37(28)31(18-24)44-6)23-12-13-29(30(17-23)43-5)45-32(20-39)34(41)25-14-26(19-38)33(40)27(16-25)21(8-2)9-3/h7,12-19,21-22,32,34-36,39-42H,1,8-11,20H2,2-6H3. The number of hydrogen-bond acceptors (Lipinski definition) is 9. The van der Waals surface area contributed by atoms with E-state index in [1.165, 1.54) is 13.2 Å². The van der Waals surface area contributed by atoms with Crippen LogP contribution in [0.2, 0.25) is 0 Å². The molecule has 0 aliphatic carbocycles. The van der Waals surface area contributed by atoms with E-state index in [0.29, 0.717) is 45.8 Å². The summed E-state index contributed by atoms with van der Waals surface area (Å²) >= 11 is 0. The Morgan fingerprint density at radius 1 is 0.935 bits per heavy atom. The number of rotatable bonds is 16. The molecule has 4 rings (SSSR count). The minimum absolute atomic E-state index is 0.0157. The number of fused-ring (bicyclic) bond motifs is 1. The Labute approximate surface area is 271 Å². The molecule has 3 aromatic carbocycles. The first-order chi connectivity index (χ1) is 22.2. The molecule has 0 spiro atoms. The lowest BCUT2D eigenvalue weighted by Gasteiger charge is -2.26. The number of phenolic OH excluding ortho intramolecular Hbond substituents is 1. The van der Waals surface area contributed by atoms with Gasteiger partial charge in [0.2, 0.25) is 0 Å². The van der Waals surface area contributed by atoms with Crippen LogP contribution in [-0.2, 0) is 0 Å².